The van der Waals surface area contributed by atoms with E-state index in [2.05, 4.69) is 20.6 Å². The molecule has 1 aliphatic heterocycles. The van der Waals surface area contributed by atoms with Gasteiger partial charge in [0.25, 0.3) is 15.9 Å². The number of anilines is 3. The molecule has 2 N–H and O–H groups in total. The summed E-state index contributed by atoms with van der Waals surface area (Å²) >= 11 is 0. The molecule has 0 radical (unpaired) electrons. The molecule has 5 rings (SSSR count). The minimum atomic E-state index is -4.53. The summed E-state index contributed by atoms with van der Waals surface area (Å²) in [7, 11) is -4.11. The molecule has 39 heavy (non-hydrogen) atoms. The Balaban J connectivity index is 1.55. The maximum atomic E-state index is 13.4. The lowest BCUT2D eigenvalue weighted by molar-refractivity contribution is -0.115. The van der Waals surface area contributed by atoms with Gasteiger partial charge in [0.05, 0.1) is 10.3 Å². The molecule has 0 saturated carbocycles. The molecule has 1 amide bonds. The van der Waals surface area contributed by atoms with E-state index in [1.807, 2.05) is 13.8 Å². The standard InChI is InChI=1S/C26H25F3N6O3S/c1-3-11-34-14-17-13-18(6-9-20(17)24(34)36)31-25-32-22(30-15-26(27,28)29)21-10-12-35(23(21)33-25)39(37,38)19-7-4-16(2)5-8-19/h4-10,12-13H,3,11,14-15H2,1-2H3,(H2,30,31,32,33). The van der Waals surface area contributed by atoms with Gasteiger partial charge in [0, 0.05) is 30.5 Å². The van der Waals surface area contributed by atoms with Crippen LogP contribution >= 0.6 is 0 Å². The van der Waals surface area contributed by atoms with Gasteiger partial charge in [-0.2, -0.15) is 23.1 Å². The summed E-state index contributed by atoms with van der Waals surface area (Å²) < 4.78 is 66.8. The number of fused-ring (bicyclic) bond motifs is 2. The fourth-order valence-electron chi connectivity index (χ4n) is 4.42. The van der Waals surface area contributed by atoms with Crippen molar-refractivity contribution in [2.75, 3.05) is 23.7 Å². The van der Waals surface area contributed by atoms with E-state index in [1.165, 1.54) is 24.4 Å². The third-order valence-electron chi connectivity index (χ3n) is 6.28. The number of amides is 1. The van der Waals surface area contributed by atoms with Crippen LogP contribution in [0, 0.1) is 6.92 Å². The quantitative estimate of drug-likeness (QED) is 0.311. The first-order chi connectivity index (χ1) is 18.5. The van der Waals surface area contributed by atoms with Crippen LogP contribution in [0.1, 0.15) is 34.8 Å². The predicted molar refractivity (Wildman–Crippen MR) is 141 cm³/mol. The SMILES string of the molecule is CCCN1Cc2cc(Nc3nc(NCC(F)(F)F)c4ccn(S(=O)(=O)c5ccc(C)cc5)c4n3)ccc2C1=O. The van der Waals surface area contributed by atoms with Crippen LogP contribution in [0.15, 0.2) is 59.6 Å². The molecule has 0 saturated heterocycles. The van der Waals surface area contributed by atoms with Crippen molar-refractivity contribution in [3.63, 3.8) is 0 Å². The van der Waals surface area contributed by atoms with Crippen molar-refractivity contribution in [3.8, 4) is 0 Å². The molecule has 3 heterocycles. The molecule has 0 fully saturated rings. The number of carbonyl (C=O) groups is 1. The van der Waals surface area contributed by atoms with Gasteiger partial charge in [-0.25, -0.2) is 12.4 Å². The van der Waals surface area contributed by atoms with Gasteiger partial charge in [-0.3, -0.25) is 4.79 Å². The van der Waals surface area contributed by atoms with E-state index < -0.39 is 22.7 Å². The van der Waals surface area contributed by atoms with Crippen molar-refractivity contribution >= 4 is 44.4 Å². The highest BCUT2D eigenvalue weighted by Gasteiger charge is 2.29. The lowest BCUT2D eigenvalue weighted by Gasteiger charge is -2.14. The Labute approximate surface area is 222 Å². The summed E-state index contributed by atoms with van der Waals surface area (Å²) in [5.41, 5.74) is 2.65. The van der Waals surface area contributed by atoms with Crippen LogP contribution in [-0.2, 0) is 16.6 Å². The summed E-state index contributed by atoms with van der Waals surface area (Å²) in [5, 5.41) is 5.32. The normalized spacial score (nSPS) is 13.7. The molecule has 0 bridgehead atoms. The summed E-state index contributed by atoms with van der Waals surface area (Å²) in [6.07, 6.45) is -2.48. The number of rotatable bonds is 8. The Bertz CT molecular complexity index is 1670. The maximum absolute atomic E-state index is 13.4. The second kappa shape index (κ2) is 9.88. The molecule has 2 aromatic heterocycles. The molecule has 2 aromatic carbocycles. The molecule has 4 aromatic rings. The Hall–Kier alpha value is -4.13. The van der Waals surface area contributed by atoms with Crippen molar-refractivity contribution in [2.24, 2.45) is 0 Å². The fraction of sp³-hybridized carbons (Fsp3) is 0.269. The van der Waals surface area contributed by atoms with Crippen molar-refractivity contribution in [2.45, 2.75) is 37.9 Å². The van der Waals surface area contributed by atoms with E-state index in [1.54, 1.807) is 35.2 Å². The predicted octanol–water partition coefficient (Wildman–Crippen LogP) is 5.06. The molecule has 13 heteroatoms. The highest BCUT2D eigenvalue weighted by molar-refractivity contribution is 7.90. The lowest BCUT2D eigenvalue weighted by Crippen LogP contribution is -2.24. The van der Waals surface area contributed by atoms with Crippen LogP contribution in [0.5, 0.6) is 0 Å². The van der Waals surface area contributed by atoms with Crippen LogP contribution in [-0.4, -0.2) is 52.4 Å². The summed E-state index contributed by atoms with van der Waals surface area (Å²) in [6, 6.07) is 12.6. The topological polar surface area (TPSA) is 109 Å². The minimum Gasteiger partial charge on any atom is -0.360 e. The van der Waals surface area contributed by atoms with Crippen molar-refractivity contribution < 1.29 is 26.4 Å². The zero-order valence-electron chi connectivity index (χ0n) is 21.1. The van der Waals surface area contributed by atoms with Crippen LogP contribution in [0.3, 0.4) is 0 Å². The molecule has 9 nitrogen and oxygen atoms in total. The number of halogens is 3. The van der Waals surface area contributed by atoms with E-state index in [4.69, 9.17) is 0 Å². The number of carbonyl (C=O) groups excluding carboxylic acids is 1. The first-order valence-corrected chi connectivity index (χ1v) is 13.6. The van der Waals surface area contributed by atoms with E-state index in [0.29, 0.717) is 24.3 Å². The Kier molecular flexibility index (Phi) is 6.70. The van der Waals surface area contributed by atoms with Crippen LogP contribution < -0.4 is 10.6 Å². The number of alkyl halides is 3. The van der Waals surface area contributed by atoms with Gasteiger partial charge in [-0.15, -0.1) is 0 Å². The fourth-order valence-corrected chi connectivity index (χ4v) is 5.72. The number of nitrogens with zero attached hydrogens (tertiary/aromatic N) is 4. The van der Waals surface area contributed by atoms with Gasteiger partial charge in [0.2, 0.25) is 5.95 Å². The largest absolute Gasteiger partial charge is 0.405 e. The number of benzene rings is 2. The zero-order valence-corrected chi connectivity index (χ0v) is 21.9. The van der Waals surface area contributed by atoms with Crippen molar-refractivity contribution in [1.82, 2.24) is 18.8 Å². The average Bonchev–Trinajstić information content (AvgIpc) is 3.44. The molecule has 0 aliphatic carbocycles. The van der Waals surface area contributed by atoms with Gasteiger partial charge in [-0.05, 0) is 55.3 Å². The second-order valence-electron chi connectivity index (χ2n) is 9.26. The summed E-state index contributed by atoms with van der Waals surface area (Å²) in [5.74, 6) is -0.349. The Morgan fingerprint density at radius 2 is 1.79 bits per heavy atom. The smallest absolute Gasteiger partial charge is 0.360 e. The van der Waals surface area contributed by atoms with E-state index in [0.717, 1.165) is 21.5 Å². The van der Waals surface area contributed by atoms with E-state index in [9.17, 15) is 26.4 Å². The van der Waals surface area contributed by atoms with Gasteiger partial charge < -0.3 is 15.5 Å². The van der Waals surface area contributed by atoms with Gasteiger partial charge in [0.1, 0.15) is 12.4 Å². The maximum Gasteiger partial charge on any atom is 0.405 e. The van der Waals surface area contributed by atoms with E-state index in [-0.39, 0.29) is 33.6 Å². The number of hydrogen-bond acceptors (Lipinski definition) is 7. The first kappa shape index (κ1) is 26.5. The van der Waals surface area contributed by atoms with Gasteiger partial charge in [-0.1, -0.05) is 24.6 Å². The average molecular weight is 559 g/mol. The molecule has 1 aliphatic rings. The third kappa shape index (κ3) is 5.26. The third-order valence-corrected chi connectivity index (χ3v) is 7.96. The minimum absolute atomic E-state index is 0.00319. The van der Waals surface area contributed by atoms with Crippen LogP contribution in [0.25, 0.3) is 11.0 Å². The highest BCUT2D eigenvalue weighted by atomic mass is 32.2. The second-order valence-corrected chi connectivity index (χ2v) is 11.1. The molecule has 0 atom stereocenters. The monoisotopic (exact) mass is 558 g/mol. The Morgan fingerprint density at radius 3 is 2.49 bits per heavy atom. The van der Waals surface area contributed by atoms with Gasteiger partial charge in [0.15, 0.2) is 5.65 Å². The molecule has 0 spiro atoms. The molecule has 0 unspecified atom stereocenters. The molecule has 204 valence electrons. The van der Waals surface area contributed by atoms with Crippen molar-refractivity contribution in [3.05, 3.63) is 71.4 Å². The molecular formula is C26H25F3N6O3S. The summed E-state index contributed by atoms with van der Waals surface area (Å²) in [4.78, 5) is 22.9. The first-order valence-electron chi connectivity index (χ1n) is 12.2. The van der Waals surface area contributed by atoms with Crippen LogP contribution in [0.4, 0.5) is 30.6 Å². The lowest BCUT2D eigenvalue weighted by atomic mass is 10.1. The highest BCUT2D eigenvalue weighted by Crippen LogP contribution is 2.31. The van der Waals surface area contributed by atoms with Crippen molar-refractivity contribution in [1.29, 1.82) is 0 Å². The number of hydrogen-bond donors (Lipinski definition) is 2. The Morgan fingerprint density at radius 1 is 1.05 bits per heavy atom. The summed E-state index contributed by atoms with van der Waals surface area (Å²) in [6.45, 7) is 3.49. The molecular weight excluding hydrogens is 533 g/mol. The van der Waals surface area contributed by atoms with Gasteiger partial charge >= 0.3 is 6.18 Å². The zero-order chi connectivity index (χ0) is 27.9. The number of nitrogens with one attached hydrogen (secondary N) is 2. The number of aromatic nitrogens is 3. The number of aryl methyl sites for hydroxylation is 1. The van der Waals surface area contributed by atoms with Crippen LogP contribution in [0.2, 0.25) is 0 Å². The van der Waals surface area contributed by atoms with E-state index >= 15 is 0 Å².